The summed E-state index contributed by atoms with van der Waals surface area (Å²) in [6.45, 7) is 1.40. The highest BCUT2D eigenvalue weighted by Crippen LogP contribution is 2.21. The molecule has 0 saturated heterocycles. The molecular formula is C13H20N4O3. The molecule has 2 N–H and O–H groups in total. The zero-order valence-corrected chi connectivity index (χ0v) is 12.0. The molecule has 20 heavy (non-hydrogen) atoms. The predicted molar refractivity (Wildman–Crippen MR) is 78.1 cm³/mol. The van der Waals surface area contributed by atoms with E-state index in [-0.39, 0.29) is 17.2 Å². The van der Waals surface area contributed by atoms with Crippen molar-refractivity contribution < 1.29 is 9.72 Å². The van der Waals surface area contributed by atoms with Crippen LogP contribution < -0.4 is 10.6 Å². The first-order valence-electron chi connectivity index (χ1n) is 6.35. The normalized spacial score (nSPS) is 10.4. The van der Waals surface area contributed by atoms with E-state index in [1.807, 2.05) is 19.0 Å². The average molecular weight is 280 g/mol. The molecule has 1 aromatic carbocycles. The minimum atomic E-state index is -0.512. The van der Waals surface area contributed by atoms with E-state index in [0.29, 0.717) is 12.2 Å². The summed E-state index contributed by atoms with van der Waals surface area (Å²) in [6, 6.07) is 4.19. The van der Waals surface area contributed by atoms with Crippen LogP contribution >= 0.6 is 0 Å². The first kappa shape index (κ1) is 15.9. The summed E-state index contributed by atoms with van der Waals surface area (Å²) < 4.78 is 0. The Bertz CT molecular complexity index is 489. The van der Waals surface area contributed by atoms with Crippen LogP contribution in [0.5, 0.6) is 0 Å². The van der Waals surface area contributed by atoms with Crippen LogP contribution in [0, 0.1) is 10.1 Å². The number of non-ortho nitro benzene ring substituents is 1. The van der Waals surface area contributed by atoms with Gasteiger partial charge in [-0.2, -0.15) is 0 Å². The Morgan fingerprint density at radius 1 is 1.40 bits per heavy atom. The number of amides is 1. The SMILES string of the molecule is CNc1ccc([N+](=O)[O-])cc1C(=O)NCCCN(C)C. The molecule has 7 nitrogen and oxygen atoms in total. The molecule has 0 saturated carbocycles. The number of hydrogen-bond acceptors (Lipinski definition) is 5. The highest BCUT2D eigenvalue weighted by Gasteiger charge is 2.15. The minimum absolute atomic E-state index is 0.0950. The van der Waals surface area contributed by atoms with Gasteiger partial charge in [-0.15, -0.1) is 0 Å². The van der Waals surface area contributed by atoms with Gasteiger partial charge in [-0.1, -0.05) is 0 Å². The van der Waals surface area contributed by atoms with Crippen LogP contribution in [0.15, 0.2) is 18.2 Å². The van der Waals surface area contributed by atoms with Crippen molar-refractivity contribution in [1.82, 2.24) is 10.2 Å². The zero-order valence-electron chi connectivity index (χ0n) is 12.0. The lowest BCUT2D eigenvalue weighted by molar-refractivity contribution is -0.384. The smallest absolute Gasteiger partial charge is 0.270 e. The largest absolute Gasteiger partial charge is 0.387 e. The second-order valence-corrected chi connectivity index (χ2v) is 4.65. The second kappa shape index (κ2) is 7.44. The Kier molecular flexibility index (Phi) is 5.92. The van der Waals surface area contributed by atoms with Crippen molar-refractivity contribution in [2.24, 2.45) is 0 Å². The predicted octanol–water partition coefficient (Wildman–Crippen LogP) is 1.32. The van der Waals surface area contributed by atoms with Crippen molar-refractivity contribution in [1.29, 1.82) is 0 Å². The molecule has 1 rings (SSSR count). The van der Waals surface area contributed by atoms with Crippen molar-refractivity contribution in [3.05, 3.63) is 33.9 Å². The molecule has 1 amide bonds. The number of nitrogens with zero attached hydrogens (tertiary/aromatic N) is 2. The third kappa shape index (κ3) is 4.51. The van der Waals surface area contributed by atoms with Gasteiger partial charge in [0.2, 0.25) is 0 Å². The maximum atomic E-state index is 12.1. The lowest BCUT2D eigenvalue weighted by atomic mass is 10.1. The Hall–Kier alpha value is -2.15. The molecule has 0 aliphatic heterocycles. The molecule has 0 spiro atoms. The number of nitrogens with one attached hydrogen (secondary N) is 2. The van der Waals surface area contributed by atoms with E-state index in [9.17, 15) is 14.9 Å². The van der Waals surface area contributed by atoms with Crippen LogP contribution in [0.25, 0.3) is 0 Å². The number of nitro groups is 1. The summed E-state index contributed by atoms with van der Waals surface area (Å²) in [5.74, 6) is -0.309. The Labute approximate surface area is 118 Å². The zero-order chi connectivity index (χ0) is 15.1. The van der Waals surface area contributed by atoms with E-state index in [0.717, 1.165) is 13.0 Å². The topological polar surface area (TPSA) is 87.5 Å². The van der Waals surface area contributed by atoms with Gasteiger partial charge in [-0.3, -0.25) is 14.9 Å². The number of nitro benzene ring substituents is 1. The van der Waals surface area contributed by atoms with Gasteiger partial charge in [0.1, 0.15) is 0 Å². The summed E-state index contributed by atoms with van der Waals surface area (Å²) in [5.41, 5.74) is 0.759. The summed E-state index contributed by atoms with van der Waals surface area (Å²) in [4.78, 5) is 24.3. The number of carbonyl (C=O) groups is 1. The van der Waals surface area contributed by atoms with Gasteiger partial charge in [-0.05, 0) is 33.1 Å². The average Bonchev–Trinajstić information content (AvgIpc) is 2.42. The molecular weight excluding hydrogens is 260 g/mol. The third-order valence-corrected chi connectivity index (χ3v) is 2.80. The van der Waals surface area contributed by atoms with Crippen LogP contribution in [0.1, 0.15) is 16.8 Å². The Balaban J connectivity index is 2.74. The molecule has 0 aliphatic rings. The van der Waals surface area contributed by atoms with Crippen LogP contribution in [-0.2, 0) is 0 Å². The van der Waals surface area contributed by atoms with Gasteiger partial charge >= 0.3 is 0 Å². The van der Waals surface area contributed by atoms with Gasteiger partial charge in [-0.25, -0.2) is 0 Å². The van der Waals surface area contributed by atoms with Gasteiger partial charge in [0.25, 0.3) is 11.6 Å². The summed E-state index contributed by atoms with van der Waals surface area (Å²) >= 11 is 0. The van der Waals surface area contributed by atoms with E-state index < -0.39 is 4.92 Å². The van der Waals surface area contributed by atoms with Gasteiger partial charge in [0, 0.05) is 31.4 Å². The van der Waals surface area contributed by atoms with Crippen LogP contribution in [-0.4, -0.2) is 50.0 Å². The molecule has 0 fully saturated rings. The van der Waals surface area contributed by atoms with Crippen molar-refractivity contribution in [2.75, 3.05) is 39.5 Å². The molecule has 1 aromatic rings. The summed E-state index contributed by atoms with van der Waals surface area (Å²) in [7, 11) is 5.59. The molecule has 0 aliphatic carbocycles. The minimum Gasteiger partial charge on any atom is -0.387 e. The summed E-state index contributed by atoms with van der Waals surface area (Å²) in [6.07, 6.45) is 0.822. The maximum absolute atomic E-state index is 12.1. The maximum Gasteiger partial charge on any atom is 0.270 e. The molecule has 0 heterocycles. The fourth-order valence-electron chi connectivity index (χ4n) is 1.74. The fourth-order valence-corrected chi connectivity index (χ4v) is 1.74. The summed E-state index contributed by atoms with van der Waals surface area (Å²) in [5, 5.41) is 16.4. The standard InChI is InChI=1S/C13H20N4O3/c1-14-12-6-5-10(17(19)20)9-11(12)13(18)15-7-4-8-16(2)3/h5-6,9,14H,4,7-8H2,1-3H3,(H,15,18). The molecule has 0 radical (unpaired) electrons. The molecule has 7 heteroatoms. The van der Waals surface area contributed by atoms with Gasteiger partial charge < -0.3 is 15.5 Å². The van der Waals surface area contributed by atoms with Crippen molar-refractivity contribution >= 4 is 17.3 Å². The van der Waals surface area contributed by atoms with Crippen molar-refractivity contribution in [2.45, 2.75) is 6.42 Å². The highest BCUT2D eigenvalue weighted by molar-refractivity contribution is 6.00. The second-order valence-electron chi connectivity index (χ2n) is 4.65. The molecule has 0 aromatic heterocycles. The third-order valence-electron chi connectivity index (χ3n) is 2.80. The van der Waals surface area contributed by atoms with Crippen LogP contribution in [0.3, 0.4) is 0 Å². The number of hydrogen-bond donors (Lipinski definition) is 2. The molecule has 110 valence electrons. The number of benzene rings is 1. The van der Waals surface area contributed by atoms with Crippen LogP contribution in [0.2, 0.25) is 0 Å². The van der Waals surface area contributed by atoms with Crippen LogP contribution in [0.4, 0.5) is 11.4 Å². The number of carbonyl (C=O) groups excluding carboxylic acids is 1. The van der Waals surface area contributed by atoms with E-state index in [1.165, 1.54) is 18.2 Å². The monoisotopic (exact) mass is 280 g/mol. The Morgan fingerprint density at radius 2 is 2.10 bits per heavy atom. The first-order chi connectivity index (χ1) is 9.45. The quantitative estimate of drug-likeness (QED) is 0.447. The number of rotatable bonds is 7. The van der Waals surface area contributed by atoms with E-state index in [4.69, 9.17) is 0 Å². The number of anilines is 1. The molecule has 0 unspecified atom stereocenters. The van der Waals surface area contributed by atoms with Crippen molar-refractivity contribution in [3.63, 3.8) is 0 Å². The molecule has 0 bridgehead atoms. The van der Waals surface area contributed by atoms with Gasteiger partial charge in [0.15, 0.2) is 0 Å². The van der Waals surface area contributed by atoms with E-state index >= 15 is 0 Å². The lowest BCUT2D eigenvalue weighted by Crippen LogP contribution is -2.27. The highest BCUT2D eigenvalue weighted by atomic mass is 16.6. The first-order valence-corrected chi connectivity index (χ1v) is 6.35. The Morgan fingerprint density at radius 3 is 2.65 bits per heavy atom. The van der Waals surface area contributed by atoms with E-state index in [2.05, 4.69) is 10.6 Å². The fraction of sp³-hybridized carbons (Fsp3) is 0.462. The molecule has 0 atom stereocenters. The van der Waals surface area contributed by atoms with E-state index in [1.54, 1.807) is 7.05 Å². The van der Waals surface area contributed by atoms with Crippen molar-refractivity contribution in [3.8, 4) is 0 Å². The van der Waals surface area contributed by atoms with Gasteiger partial charge in [0.05, 0.1) is 10.5 Å². The lowest BCUT2D eigenvalue weighted by Gasteiger charge is -2.11.